The van der Waals surface area contributed by atoms with Crippen molar-refractivity contribution in [1.82, 2.24) is 14.9 Å². The molecule has 168 valence electrons. The summed E-state index contributed by atoms with van der Waals surface area (Å²) in [4.78, 5) is 21.7. The van der Waals surface area contributed by atoms with Gasteiger partial charge in [-0.3, -0.25) is 0 Å². The molecule has 2 N–H and O–H groups in total. The number of hydrogen-bond acceptors (Lipinski definition) is 5. The van der Waals surface area contributed by atoms with Crippen LogP contribution in [0.2, 0.25) is 5.15 Å². The molecule has 0 fully saturated rings. The van der Waals surface area contributed by atoms with Crippen molar-refractivity contribution in [3.63, 3.8) is 0 Å². The van der Waals surface area contributed by atoms with E-state index in [0.717, 1.165) is 12.1 Å². The largest absolute Gasteiger partial charge is 0.439 e. The van der Waals surface area contributed by atoms with Gasteiger partial charge in [-0.25, -0.2) is 14.8 Å². The van der Waals surface area contributed by atoms with Crippen LogP contribution in [0.3, 0.4) is 0 Å². The van der Waals surface area contributed by atoms with E-state index in [1.165, 1.54) is 18.5 Å². The first-order valence-corrected chi connectivity index (χ1v) is 9.65. The third-order valence-electron chi connectivity index (χ3n) is 4.02. The lowest BCUT2D eigenvalue weighted by Gasteiger charge is -2.16. The molecule has 0 saturated heterocycles. The number of aromatic nitrogens is 2. The van der Waals surface area contributed by atoms with Crippen molar-refractivity contribution in [2.45, 2.75) is 12.7 Å². The van der Waals surface area contributed by atoms with E-state index in [0.29, 0.717) is 23.5 Å². The highest BCUT2D eigenvalue weighted by molar-refractivity contribution is 6.29. The predicted molar refractivity (Wildman–Crippen MR) is 115 cm³/mol. The number of carbonyl (C=O) groups excluding carboxylic acids is 1. The summed E-state index contributed by atoms with van der Waals surface area (Å²) >= 11 is 5.78. The van der Waals surface area contributed by atoms with E-state index in [4.69, 9.17) is 16.3 Å². The Kier molecular flexibility index (Phi) is 7.16. The number of alkyl halides is 3. The van der Waals surface area contributed by atoms with Crippen molar-refractivity contribution >= 4 is 29.0 Å². The van der Waals surface area contributed by atoms with Crippen LogP contribution in [0.5, 0.6) is 11.6 Å². The Morgan fingerprint density at radius 2 is 1.72 bits per heavy atom. The quantitative estimate of drug-likeness (QED) is 0.460. The molecule has 0 aliphatic carbocycles. The number of amides is 2. The minimum absolute atomic E-state index is 0.0368. The van der Waals surface area contributed by atoms with Gasteiger partial charge in [0.15, 0.2) is 0 Å². The molecule has 2 amide bonds. The number of nitrogens with one attached hydrogen (secondary N) is 2. The number of carbonyl (C=O) groups is 1. The fraction of sp³-hybridized carbons (Fsp3) is 0.190. The summed E-state index contributed by atoms with van der Waals surface area (Å²) in [7, 11) is 3.49. The van der Waals surface area contributed by atoms with Crippen molar-refractivity contribution < 1.29 is 22.7 Å². The maximum Gasteiger partial charge on any atom is 0.416 e. The van der Waals surface area contributed by atoms with E-state index in [1.54, 1.807) is 43.3 Å². The van der Waals surface area contributed by atoms with E-state index in [2.05, 4.69) is 20.6 Å². The summed E-state index contributed by atoms with van der Waals surface area (Å²) in [6.07, 6.45) is -3.27. The third-order valence-corrected chi connectivity index (χ3v) is 4.23. The highest BCUT2D eigenvalue weighted by atomic mass is 35.5. The molecule has 7 nitrogen and oxygen atoms in total. The van der Waals surface area contributed by atoms with E-state index < -0.39 is 17.8 Å². The van der Waals surface area contributed by atoms with Crippen molar-refractivity contribution in [3.05, 3.63) is 71.1 Å². The van der Waals surface area contributed by atoms with Crippen LogP contribution in [0, 0.1) is 0 Å². The molecule has 32 heavy (non-hydrogen) atoms. The standard InChI is InChI=1S/C21H19ClF3N5O2/c1-30(2)11-13-7-14(21(23,24)25)9-16(8-13)29-20(31)28-15-3-5-17(6-4-15)32-19-10-18(22)26-12-27-19/h3-10,12H,11H2,1-2H3,(H2,28,29,31). The number of anilines is 2. The number of ether oxygens (including phenoxy) is 1. The maximum atomic E-state index is 13.2. The van der Waals surface area contributed by atoms with Gasteiger partial charge in [0.25, 0.3) is 0 Å². The fourth-order valence-electron chi connectivity index (χ4n) is 2.78. The van der Waals surface area contributed by atoms with Crippen LogP contribution in [0.1, 0.15) is 11.1 Å². The smallest absolute Gasteiger partial charge is 0.416 e. The Morgan fingerprint density at radius 1 is 1.03 bits per heavy atom. The molecule has 0 saturated carbocycles. The highest BCUT2D eigenvalue weighted by Gasteiger charge is 2.31. The molecule has 0 aliphatic rings. The minimum Gasteiger partial charge on any atom is -0.439 e. The van der Waals surface area contributed by atoms with Crippen LogP contribution in [0.15, 0.2) is 54.9 Å². The molecule has 2 aromatic carbocycles. The molecule has 0 spiro atoms. The molecule has 0 aliphatic heterocycles. The van der Waals surface area contributed by atoms with E-state index in [-0.39, 0.29) is 16.7 Å². The molecule has 0 bridgehead atoms. The summed E-state index contributed by atoms with van der Waals surface area (Å²) in [5.74, 6) is 0.693. The lowest BCUT2D eigenvalue weighted by atomic mass is 10.1. The number of halogens is 4. The topological polar surface area (TPSA) is 79.4 Å². The van der Waals surface area contributed by atoms with Gasteiger partial charge in [-0.05, 0) is 62.1 Å². The molecule has 3 aromatic rings. The summed E-state index contributed by atoms with van der Waals surface area (Å²) in [5.41, 5.74) is 0.0377. The van der Waals surface area contributed by atoms with Gasteiger partial charge in [-0.2, -0.15) is 13.2 Å². The zero-order valence-electron chi connectivity index (χ0n) is 17.1. The van der Waals surface area contributed by atoms with Gasteiger partial charge >= 0.3 is 12.2 Å². The number of rotatable bonds is 6. The number of urea groups is 1. The average molecular weight is 466 g/mol. The van der Waals surface area contributed by atoms with Crippen LogP contribution in [0.25, 0.3) is 0 Å². The van der Waals surface area contributed by atoms with Gasteiger partial charge in [0.2, 0.25) is 5.88 Å². The summed E-state index contributed by atoms with van der Waals surface area (Å²) in [6.45, 7) is 0.291. The Balaban J connectivity index is 1.67. The zero-order chi connectivity index (χ0) is 23.3. The van der Waals surface area contributed by atoms with Gasteiger partial charge < -0.3 is 20.3 Å². The third kappa shape index (κ3) is 6.82. The van der Waals surface area contributed by atoms with Gasteiger partial charge in [-0.15, -0.1) is 0 Å². The molecule has 0 atom stereocenters. The molecule has 1 heterocycles. The first-order chi connectivity index (χ1) is 15.1. The second-order valence-electron chi connectivity index (χ2n) is 7.04. The van der Waals surface area contributed by atoms with Crippen molar-refractivity contribution in [1.29, 1.82) is 0 Å². The van der Waals surface area contributed by atoms with E-state index in [1.807, 2.05) is 0 Å². The summed E-state index contributed by atoms with van der Waals surface area (Å²) < 4.78 is 45.2. The van der Waals surface area contributed by atoms with Gasteiger partial charge in [-0.1, -0.05) is 11.6 Å². The Hall–Kier alpha value is -3.37. The minimum atomic E-state index is -4.53. The normalized spacial score (nSPS) is 11.3. The van der Waals surface area contributed by atoms with Crippen LogP contribution >= 0.6 is 11.6 Å². The zero-order valence-corrected chi connectivity index (χ0v) is 17.8. The molecule has 0 unspecified atom stereocenters. The molecule has 0 radical (unpaired) electrons. The fourth-order valence-corrected chi connectivity index (χ4v) is 2.91. The van der Waals surface area contributed by atoms with Gasteiger partial charge in [0.05, 0.1) is 5.56 Å². The first kappa shape index (κ1) is 23.3. The Bertz CT molecular complexity index is 1090. The van der Waals surface area contributed by atoms with Crippen molar-refractivity contribution in [2.24, 2.45) is 0 Å². The lowest BCUT2D eigenvalue weighted by Crippen LogP contribution is -2.20. The van der Waals surface area contributed by atoms with Gasteiger partial charge in [0, 0.05) is 24.0 Å². The molecule has 1 aromatic heterocycles. The van der Waals surface area contributed by atoms with E-state index in [9.17, 15) is 18.0 Å². The Morgan fingerprint density at radius 3 is 2.34 bits per heavy atom. The average Bonchev–Trinajstić information content (AvgIpc) is 2.68. The number of benzene rings is 2. The first-order valence-electron chi connectivity index (χ1n) is 9.28. The van der Waals surface area contributed by atoms with Crippen LogP contribution < -0.4 is 15.4 Å². The lowest BCUT2D eigenvalue weighted by molar-refractivity contribution is -0.137. The molecular formula is C21H19ClF3N5O2. The maximum absolute atomic E-state index is 13.2. The second-order valence-corrected chi connectivity index (χ2v) is 7.43. The monoisotopic (exact) mass is 465 g/mol. The summed E-state index contributed by atoms with van der Waals surface area (Å²) in [5, 5.41) is 5.24. The highest BCUT2D eigenvalue weighted by Crippen LogP contribution is 2.32. The van der Waals surface area contributed by atoms with Gasteiger partial charge in [0.1, 0.15) is 17.2 Å². The van der Waals surface area contributed by atoms with Crippen LogP contribution in [0.4, 0.5) is 29.3 Å². The SMILES string of the molecule is CN(C)Cc1cc(NC(=O)Nc2ccc(Oc3cc(Cl)ncn3)cc2)cc(C(F)(F)F)c1. The van der Waals surface area contributed by atoms with Crippen molar-refractivity contribution in [2.75, 3.05) is 24.7 Å². The van der Waals surface area contributed by atoms with Crippen LogP contribution in [-0.2, 0) is 12.7 Å². The second kappa shape index (κ2) is 9.84. The van der Waals surface area contributed by atoms with Crippen molar-refractivity contribution in [3.8, 4) is 11.6 Å². The Labute approximate surface area is 187 Å². The number of nitrogens with zero attached hydrogens (tertiary/aromatic N) is 3. The molecule has 11 heteroatoms. The summed E-state index contributed by atoms with van der Waals surface area (Å²) in [6, 6.07) is 10.5. The predicted octanol–water partition coefficient (Wildman–Crippen LogP) is 5.65. The van der Waals surface area contributed by atoms with Crippen LogP contribution in [-0.4, -0.2) is 35.0 Å². The molecule has 3 rings (SSSR count). The molecular weight excluding hydrogens is 447 g/mol. The number of hydrogen-bond donors (Lipinski definition) is 2. The van der Waals surface area contributed by atoms with E-state index >= 15 is 0 Å².